The molecule has 0 aromatic carbocycles. The van der Waals surface area contributed by atoms with Crippen LogP contribution in [-0.2, 0) is 4.74 Å². The third-order valence-corrected chi connectivity index (χ3v) is 2.54. The minimum absolute atomic E-state index is 0.192. The molecule has 0 bridgehead atoms. The first-order chi connectivity index (χ1) is 6.88. The van der Waals surface area contributed by atoms with Crippen LogP contribution in [0.3, 0.4) is 0 Å². The minimum atomic E-state index is -4.36. The van der Waals surface area contributed by atoms with Crippen LogP contribution in [-0.4, -0.2) is 37.3 Å². The predicted molar refractivity (Wildman–Crippen MR) is 46.9 cm³/mol. The molecule has 1 aliphatic heterocycles. The van der Waals surface area contributed by atoms with E-state index in [0.29, 0.717) is 0 Å². The first-order valence-corrected chi connectivity index (χ1v) is 4.99. The van der Waals surface area contributed by atoms with Gasteiger partial charge in [-0.2, -0.15) is 17.6 Å². The molecule has 1 aliphatic carbocycles. The van der Waals surface area contributed by atoms with Gasteiger partial charge in [0, 0.05) is 6.54 Å². The maximum atomic E-state index is 12.4. The van der Waals surface area contributed by atoms with Gasteiger partial charge in [0.25, 0.3) is 0 Å². The van der Waals surface area contributed by atoms with Crippen molar-refractivity contribution >= 4 is 0 Å². The normalized spacial score (nSPS) is 28.6. The first kappa shape index (κ1) is 12.7. The number of rotatable bonds is 0. The Kier molecular flexibility index (Phi) is 3.94. The van der Waals surface area contributed by atoms with E-state index in [1.165, 1.54) is 25.7 Å². The van der Waals surface area contributed by atoms with E-state index in [0.717, 1.165) is 7.05 Å². The van der Waals surface area contributed by atoms with Crippen molar-refractivity contribution in [3.63, 3.8) is 0 Å². The van der Waals surface area contributed by atoms with Gasteiger partial charge in [-0.25, -0.2) is 4.90 Å². The Morgan fingerprint density at radius 3 is 1.73 bits per heavy atom. The van der Waals surface area contributed by atoms with Crippen LogP contribution in [0.4, 0.5) is 17.6 Å². The molecule has 1 heterocycles. The van der Waals surface area contributed by atoms with Gasteiger partial charge >= 0.3 is 12.2 Å². The summed E-state index contributed by atoms with van der Waals surface area (Å²) in [6.07, 6.45) is 1.64. The molecule has 1 saturated carbocycles. The molecular formula is C9H15F4NO. The summed E-state index contributed by atoms with van der Waals surface area (Å²) in [5.41, 5.74) is 0. The number of likely N-dealkylation sites (N-methyl/N-ethyl adjacent to an activating group) is 1. The van der Waals surface area contributed by atoms with Crippen LogP contribution < -0.4 is 0 Å². The molecule has 0 aromatic heterocycles. The van der Waals surface area contributed by atoms with Crippen molar-refractivity contribution in [2.75, 3.05) is 20.2 Å². The molecule has 0 atom stereocenters. The Labute approximate surface area is 86.2 Å². The van der Waals surface area contributed by atoms with Gasteiger partial charge in [-0.15, -0.1) is 0 Å². The number of hydrogen-bond donors (Lipinski definition) is 0. The van der Waals surface area contributed by atoms with Gasteiger partial charge in [0.15, 0.2) is 0 Å². The molecule has 0 unspecified atom stereocenters. The molecule has 1 saturated heterocycles. The topological polar surface area (TPSA) is 12.5 Å². The van der Waals surface area contributed by atoms with Gasteiger partial charge in [-0.1, -0.05) is 25.7 Å². The molecule has 90 valence electrons. The Morgan fingerprint density at radius 2 is 1.47 bits per heavy atom. The second-order valence-corrected chi connectivity index (χ2v) is 3.74. The van der Waals surface area contributed by atoms with E-state index in [1.54, 1.807) is 0 Å². The van der Waals surface area contributed by atoms with Crippen LogP contribution in [0.2, 0.25) is 0 Å². The number of halogens is 4. The summed E-state index contributed by atoms with van der Waals surface area (Å²) < 4.78 is 52.9. The smallest absolute Gasteiger partial charge is 0.313 e. The van der Waals surface area contributed by atoms with Crippen molar-refractivity contribution in [1.82, 2.24) is 4.90 Å². The number of hydrogen-bond acceptors (Lipinski definition) is 2. The average Bonchev–Trinajstić information content (AvgIpc) is 1.97. The average molecular weight is 229 g/mol. The number of ether oxygens (including phenoxy) is 1. The molecule has 0 N–H and O–H groups in total. The second-order valence-electron chi connectivity index (χ2n) is 3.74. The van der Waals surface area contributed by atoms with Crippen LogP contribution in [0.1, 0.15) is 25.7 Å². The van der Waals surface area contributed by atoms with Crippen molar-refractivity contribution in [2.45, 2.75) is 37.8 Å². The lowest BCUT2D eigenvalue weighted by atomic mass is 10.0. The van der Waals surface area contributed by atoms with Crippen molar-refractivity contribution < 1.29 is 22.3 Å². The summed E-state index contributed by atoms with van der Waals surface area (Å²) in [6.45, 7) is -0.568. The summed E-state index contributed by atoms with van der Waals surface area (Å²) in [4.78, 5) is 0.274. The van der Waals surface area contributed by atoms with E-state index < -0.39 is 12.2 Å². The molecule has 2 aliphatic rings. The van der Waals surface area contributed by atoms with E-state index >= 15 is 0 Å². The maximum absolute atomic E-state index is 12.4. The number of nitrogens with zero attached hydrogens (tertiary/aromatic N) is 1. The lowest BCUT2D eigenvalue weighted by Crippen LogP contribution is -2.59. The molecule has 0 radical (unpaired) electrons. The third kappa shape index (κ3) is 2.81. The zero-order valence-electron chi connectivity index (χ0n) is 8.61. The fraction of sp³-hybridized carbons (Fsp3) is 1.00. The lowest BCUT2D eigenvalue weighted by molar-refractivity contribution is -0.410. The zero-order valence-corrected chi connectivity index (χ0v) is 8.61. The number of alkyl halides is 4. The van der Waals surface area contributed by atoms with Gasteiger partial charge in [-0.05, 0) is 7.05 Å². The van der Waals surface area contributed by atoms with E-state index in [4.69, 9.17) is 0 Å². The second kappa shape index (κ2) is 4.65. The molecule has 2 rings (SSSR count). The Hall–Kier alpha value is -0.360. The molecule has 0 spiro atoms. The van der Waals surface area contributed by atoms with Gasteiger partial charge in [0.1, 0.15) is 0 Å². The highest BCUT2D eigenvalue weighted by Gasteiger charge is 2.62. The molecular weight excluding hydrogens is 214 g/mol. The van der Waals surface area contributed by atoms with Crippen molar-refractivity contribution in [3.8, 4) is 0 Å². The van der Waals surface area contributed by atoms with Gasteiger partial charge in [0.05, 0.1) is 6.61 Å². The fourth-order valence-electron chi connectivity index (χ4n) is 1.01. The summed E-state index contributed by atoms with van der Waals surface area (Å²) in [7, 11) is 0.927. The largest absolute Gasteiger partial charge is 0.434 e. The monoisotopic (exact) mass is 229 g/mol. The third-order valence-electron chi connectivity index (χ3n) is 2.54. The lowest BCUT2D eigenvalue weighted by Gasteiger charge is -2.37. The van der Waals surface area contributed by atoms with Crippen LogP contribution in [0.15, 0.2) is 0 Å². The van der Waals surface area contributed by atoms with E-state index in [1.807, 2.05) is 0 Å². The SMILES string of the molecule is C1CCC1.CN1CCOC(F)(F)C1(F)F. The Balaban J connectivity index is 0.000000234. The van der Waals surface area contributed by atoms with E-state index in [9.17, 15) is 17.6 Å². The highest BCUT2D eigenvalue weighted by molar-refractivity contribution is 4.79. The molecule has 2 fully saturated rings. The van der Waals surface area contributed by atoms with Gasteiger partial charge in [0.2, 0.25) is 0 Å². The molecule has 0 amide bonds. The molecule has 15 heavy (non-hydrogen) atoms. The highest BCUT2D eigenvalue weighted by atomic mass is 19.3. The van der Waals surface area contributed by atoms with E-state index in [-0.39, 0.29) is 18.1 Å². The maximum Gasteiger partial charge on any atom is 0.434 e. The highest BCUT2D eigenvalue weighted by Crippen LogP contribution is 2.39. The summed E-state index contributed by atoms with van der Waals surface area (Å²) in [5.74, 6) is 0. The van der Waals surface area contributed by atoms with Crippen LogP contribution in [0, 0.1) is 0 Å². The van der Waals surface area contributed by atoms with E-state index in [2.05, 4.69) is 4.74 Å². The predicted octanol–water partition coefficient (Wildman–Crippen LogP) is 2.69. The van der Waals surface area contributed by atoms with Crippen LogP contribution in [0.5, 0.6) is 0 Å². The van der Waals surface area contributed by atoms with Gasteiger partial charge in [-0.3, -0.25) is 0 Å². The molecule has 0 aromatic rings. The zero-order chi connectivity index (χ0) is 11.5. The van der Waals surface area contributed by atoms with Crippen molar-refractivity contribution in [2.24, 2.45) is 0 Å². The van der Waals surface area contributed by atoms with Gasteiger partial charge < -0.3 is 4.74 Å². The summed E-state index contributed by atoms with van der Waals surface area (Å²) >= 11 is 0. The van der Waals surface area contributed by atoms with Crippen molar-refractivity contribution in [3.05, 3.63) is 0 Å². The Morgan fingerprint density at radius 1 is 1.00 bits per heavy atom. The number of morpholine rings is 1. The quantitative estimate of drug-likeness (QED) is 0.467. The molecule has 6 heteroatoms. The Bertz CT molecular complexity index is 202. The van der Waals surface area contributed by atoms with Crippen molar-refractivity contribution in [1.29, 1.82) is 0 Å². The van der Waals surface area contributed by atoms with Crippen LogP contribution >= 0.6 is 0 Å². The fourth-order valence-corrected chi connectivity index (χ4v) is 1.01. The summed E-state index contributed by atoms with van der Waals surface area (Å²) in [5, 5.41) is 0. The summed E-state index contributed by atoms with van der Waals surface area (Å²) in [6, 6.07) is -4.19. The minimum Gasteiger partial charge on any atom is -0.313 e. The van der Waals surface area contributed by atoms with Crippen LogP contribution in [0.25, 0.3) is 0 Å². The standard InChI is InChI=1S/C5H7F4NO.C4H8/c1-10-2-3-11-5(8,9)4(10,6)7;1-2-4-3-1/h2-3H2,1H3;1-4H2. The molecule has 2 nitrogen and oxygen atoms in total. The first-order valence-electron chi connectivity index (χ1n) is 4.99.